The van der Waals surface area contributed by atoms with Crippen molar-refractivity contribution in [2.45, 2.75) is 77.6 Å². The Labute approximate surface area is 130 Å². The minimum atomic E-state index is 0.120. The lowest BCUT2D eigenvalue weighted by Gasteiger charge is -2.05. The van der Waals surface area contributed by atoms with E-state index >= 15 is 0 Å². The normalized spacial score (nSPS) is 10.5. The number of nitrogens with one attached hydrogen (secondary N) is 1. The SMILES string of the molecule is CCCCCCCCCCCCC(=O)Nc1c[c]ccc1. The average Bonchev–Trinajstić information content (AvgIpc) is 2.50. The first-order chi connectivity index (χ1) is 10.3. The molecule has 21 heavy (non-hydrogen) atoms. The molecule has 2 heteroatoms. The Morgan fingerprint density at radius 1 is 1.00 bits per heavy atom. The van der Waals surface area contributed by atoms with Crippen LogP contribution in [0.4, 0.5) is 5.69 Å². The summed E-state index contributed by atoms with van der Waals surface area (Å²) in [6.45, 7) is 2.26. The van der Waals surface area contributed by atoms with Crippen LogP contribution in [0.5, 0.6) is 0 Å². The van der Waals surface area contributed by atoms with Crippen LogP contribution in [0.25, 0.3) is 0 Å². The highest BCUT2D eigenvalue weighted by Crippen LogP contribution is 2.12. The van der Waals surface area contributed by atoms with Crippen LogP contribution in [-0.4, -0.2) is 5.91 Å². The average molecular weight is 288 g/mol. The molecule has 0 aliphatic rings. The van der Waals surface area contributed by atoms with Crippen molar-refractivity contribution < 1.29 is 4.79 Å². The molecule has 1 amide bonds. The molecular weight excluding hydrogens is 258 g/mol. The minimum Gasteiger partial charge on any atom is -0.326 e. The zero-order chi connectivity index (χ0) is 15.2. The summed E-state index contributed by atoms with van der Waals surface area (Å²) < 4.78 is 0. The van der Waals surface area contributed by atoms with E-state index in [0.29, 0.717) is 6.42 Å². The number of anilines is 1. The van der Waals surface area contributed by atoms with Gasteiger partial charge < -0.3 is 5.32 Å². The van der Waals surface area contributed by atoms with E-state index in [1.165, 1.54) is 57.8 Å². The third kappa shape index (κ3) is 10.1. The molecule has 117 valence electrons. The fourth-order valence-electron chi connectivity index (χ4n) is 2.47. The van der Waals surface area contributed by atoms with Crippen LogP contribution < -0.4 is 5.32 Å². The third-order valence-electron chi connectivity index (χ3n) is 3.75. The second-order valence-corrected chi connectivity index (χ2v) is 5.77. The molecular formula is C19H30NO. The molecule has 1 aromatic carbocycles. The Hall–Kier alpha value is -1.31. The fourth-order valence-corrected chi connectivity index (χ4v) is 2.47. The lowest BCUT2D eigenvalue weighted by atomic mass is 10.1. The maximum absolute atomic E-state index is 11.7. The second kappa shape index (κ2) is 12.4. The summed E-state index contributed by atoms with van der Waals surface area (Å²) >= 11 is 0. The van der Waals surface area contributed by atoms with Crippen molar-refractivity contribution in [3.63, 3.8) is 0 Å². The number of hydrogen-bond donors (Lipinski definition) is 1. The van der Waals surface area contributed by atoms with E-state index in [1.807, 2.05) is 18.2 Å². The molecule has 2 nitrogen and oxygen atoms in total. The zero-order valence-corrected chi connectivity index (χ0v) is 13.5. The highest BCUT2D eigenvalue weighted by Gasteiger charge is 2.01. The van der Waals surface area contributed by atoms with E-state index < -0.39 is 0 Å². The highest BCUT2D eigenvalue weighted by molar-refractivity contribution is 5.90. The summed E-state index contributed by atoms with van der Waals surface area (Å²) in [5, 5.41) is 2.90. The van der Waals surface area contributed by atoms with Crippen molar-refractivity contribution in [1.82, 2.24) is 0 Å². The Morgan fingerprint density at radius 3 is 2.19 bits per heavy atom. The molecule has 0 heterocycles. The molecule has 0 aromatic heterocycles. The lowest BCUT2D eigenvalue weighted by molar-refractivity contribution is -0.116. The van der Waals surface area contributed by atoms with Gasteiger partial charge in [-0.05, 0) is 24.6 Å². The number of carbonyl (C=O) groups is 1. The van der Waals surface area contributed by atoms with Crippen molar-refractivity contribution in [3.05, 3.63) is 30.3 Å². The van der Waals surface area contributed by atoms with Crippen molar-refractivity contribution >= 4 is 11.6 Å². The molecule has 0 bridgehead atoms. The first kappa shape index (κ1) is 17.7. The predicted octanol–water partition coefficient (Wildman–Crippen LogP) is 5.74. The number of unbranched alkanes of at least 4 members (excludes halogenated alkanes) is 9. The molecule has 0 saturated carbocycles. The summed E-state index contributed by atoms with van der Waals surface area (Å²) in [7, 11) is 0. The van der Waals surface area contributed by atoms with Gasteiger partial charge in [0.1, 0.15) is 0 Å². The third-order valence-corrected chi connectivity index (χ3v) is 3.75. The van der Waals surface area contributed by atoms with Crippen molar-refractivity contribution in [1.29, 1.82) is 0 Å². The number of hydrogen-bond acceptors (Lipinski definition) is 1. The van der Waals surface area contributed by atoms with Crippen LogP contribution in [-0.2, 0) is 4.79 Å². The van der Waals surface area contributed by atoms with E-state index in [0.717, 1.165) is 12.1 Å². The van der Waals surface area contributed by atoms with Crippen molar-refractivity contribution in [2.24, 2.45) is 0 Å². The van der Waals surface area contributed by atoms with E-state index in [-0.39, 0.29) is 5.91 Å². The minimum absolute atomic E-state index is 0.120. The first-order valence-electron chi connectivity index (χ1n) is 8.59. The molecule has 1 N–H and O–H groups in total. The molecule has 1 rings (SSSR count). The van der Waals surface area contributed by atoms with Gasteiger partial charge in [0.05, 0.1) is 0 Å². The highest BCUT2D eigenvalue weighted by atomic mass is 16.1. The topological polar surface area (TPSA) is 29.1 Å². The molecule has 1 aromatic rings. The molecule has 0 spiro atoms. The Kier molecular flexibility index (Phi) is 10.5. The van der Waals surface area contributed by atoms with Crippen LogP contribution >= 0.6 is 0 Å². The van der Waals surface area contributed by atoms with E-state index in [1.54, 1.807) is 6.07 Å². The van der Waals surface area contributed by atoms with Gasteiger partial charge in [-0.2, -0.15) is 0 Å². The summed E-state index contributed by atoms with van der Waals surface area (Å²) in [4.78, 5) is 11.7. The largest absolute Gasteiger partial charge is 0.326 e. The standard InChI is InChI=1S/C19H30NO/c1-2-3-4-5-6-7-8-9-10-14-17-19(21)20-18-15-12-11-13-16-18/h11-12,15-16H,2-10,14,17H2,1H3,(H,20,21). The Balaban J connectivity index is 1.89. The zero-order valence-electron chi connectivity index (χ0n) is 13.5. The summed E-state index contributed by atoms with van der Waals surface area (Å²) in [5.74, 6) is 0.120. The van der Waals surface area contributed by atoms with Crippen LogP contribution in [0.15, 0.2) is 24.3 Å². The van der Waals surface area contributed by atoms with E-state index in [2.05, 4.69) is 18.3 Å². The van der Waals surface area contributed by atoms with Gasteiger partial charge in [-0.3, -0.25) is 4.79 Å². The molecule has 0 unspecified atom stereocenters. The van der Waals surface area contributed by atoms with Gasteiger partial charge in [0.2, 0.25) is 5.91 Å². The first-order valence-corrected chi connectivity index (χ1v) is 8.59. The fraction of sp³-hybridized carbons (Fsp3) is 0.632. The summed E-state index contributed by atoms with van der Waals surface area (Å²) in [5.41, 5.74) is 0.842. The molecule has 0 aliphatic heterocycles. The van der Waals surface area contributed by atoms with Gasteiger partial charge in [-0.25, -0.2) is 0 Å². The monoisotopic (exact) mass is 288 g/mol. The maximum atomic E-state index is 11.7. The molecule has 0 atom stereocenters. The number of rotatable bonds is 12. The van der Waals surface area contributed by atoms with Gasteiger partial charge >= 0.3 is 0 Å². The van der Waals surface area contributed by atoms with Crippen LogP contribution in [0.3, 0.4) is 0 Å². The number of benzene rings is 1. The van der Waals surface area contributed by atoms with E-state index in [4.69, 9.17) is 0 Å². The summed E-state index contributed by atoms with van der Waals surface area (Å²) in [6, 6.07) is 10.4. The van der Waals surface area contributed by atoms with Gasteiger partial charge in [0.25, 0.3) is 0 Å². The van der Waals surface area contributed by atoms with Gasteiger partial charge in [-0.15, -0.1) is 0 Å². The number of amides is 1. The lowest BCUT2D eigenvalue weighted by Crippen LogP contribution is -2.10. The molecule has 1 radical (unpaired) electrons. The predicted molar refractivity (Wildman–Crippen MR) is 90.4 cm³/mol. The van der Waals surface area contributed by atoms with Gasteiger partial charge in [0.15, 0.2) is 0 Å². The summed E-state index contributed by atoms with van der Waals surface area (Å²) in [6.07, 6.45) is 13.6. The van der Waals surface area contributed by atoms with Gasteiger partial charge in [-0.1, -0.05) is 76.8 Å². The molecule has 0 fully saturated rings. The van der Waals surface area contributed by atoms with Crippen molar-refractivity contribution in [3.8, 4) is 0 Å². The van der Waals surface area contributed by atoms with Gasteiger partial charge in [0, 0.05) is 12.1 Å². The second-order valence-electron chi connectivity index (χ2n) is 5.77. The quantitative estimate of drug-likeness (QED) is 0.488. The van der Waals surface area contributed by atoms with Crippen LogP contribution in [0.2, 0.25) is 0 Å². The van der Waals surface area contributed by atoms with Crippen LogP contribution in [0.1, 0.15) is 77.6 Å². The van der Waals surface area contributed by atoms with Crippen molar-refractivity contribution in [2.75, 3.05) is 5.32 Å². The smallest absolute Gasteiger partial charge is 0.224 e. The maximum Gasteiger partial charge on any atom is 0.224 e. The molecule has 0 saturated heterocycles. The molecule has 0 aliphatic carbocycles. The number of carbonyl (C=O) groups excluding carboxylic acids is 1. The van der Waals surface area contributed by atoms with E-state index in [9.17, 15) is 4.79 Å². The Bertz CT molecular complexity index is 361. The Morgan fingerprint density at radius 2 is 1.62 bits per heavy atom. The van der Waals surface area contributed by atoms with Crippen LogP contribution in [0, 0.1) is 6.07 Å².